The predicted molar refractivity (Wildman–Crippen MR) is 95.4 cm³/mol. The Kier molecular flexibility index (Phi) is 4.86. The molecule has 2 aromatic carbocycles. The highest BCUT2D eigenvalue weighted by molar-refractivity contribution is 6.08. The standard InChI is InChI=1S/C20H21NO4/c1-14-11-16(15-5-3-2-4-6-15)13-17(12-14)21-18(22)20(19(23)24)7-9-25-10-8-20/h2-6,11-13H,7-10H2,1H3,(H,21,22)(H,23,24). The molecule has 25 heavy (non-hydrogen) atoms. The first-order chi connectivity index (χ1) is 12.0. The number of hydrogen-bond acceptors (Lipinski definition) is 3. The van der Waals surface area contributed by atoms with Crippen molar-refractivity contribution in [1.29, 1.82) is 0 Å². The fraction of sp³-hybridized carbons (Fsp3) is 0.300. The Morgan fingerprint density at radius 2 is 1.72 bits per heavy atom. The van der Waals surface area contributed by atoms with Crippen LogP contribution < -0.4 is 5.32 Å². The summed E-state index contributed by atoms with van der Waals surface area (Å²) in [6.07, 6.45) is 0.372. The van der Waals surface area contributed by atoms with E-state index >= 15 is 0 Å². The van der Waals surface area contributed by atoms with E-state index in [1.165, 1.54) is 0 Å². The average Bonchev–Trinajstić information content (AvgIpc) is 2.62. The van der Waals surface area contributed by atoms with Crippen molar-refractivity contribution in [3.63, 3.8) is 0 Å². The van der Waals surface area contributed by atoms with Crippen LogP contribution in [-0.4, -0.2) is 30.2 Å². The Balaban J connectivity index is 1.88. The van der Waals surface area contributed by atoms with Crippen LogP contribution in [0.2, 0.25) is 0 Å². The summed E-state index contributed by atoms with van der Waals surface area (Å²) in [5, 5.41) is 12.4. The van der Waals surface area contributed by atoms with E-state index in [0.717, 1.165) is 16.7 Å². The molecule has 0 atom stereocenters. The monoisotopic (exact) mass is 339 g/mol. The first-order valence-electron chi connectivity index (χ1n) is 8.31. The third kappa shape index (κ3) is 3.56. The van der Waals surface area contributed by atoms with Gasteiger partial charge in [0.15, 0.2) is 5.41 Å². The fourth-order valence-electron chi connectivity index (χ4n) is 3.16. The Morgan fingerprint density at radius 3 is 2.36 bits per heavy atom. The summed E-state index contributed by atoms with van der Waals surface area (Å²) in [4.78, 5) is 24.5. The lowest BCUT2D eigenvalue weighted by Crippen LogP contribution is -2.47. The lowest BCUT2D eigenvalue weighted by atomic mass is 9.79. The minimum Gasteiger partial charge on any atom is -0.480 e. The molecule has 1 amide bonds. The van der Waals surface area contributed by atoms with Gasteiger partial charge in [-0.05, 0) is 48.6 Å². The fourth-order valence-corrected chi connectivity index (χ4v) is 3.16. The Bertz CT molecular complexity index is 780. The van der Waals surface area contributed by atoms with E-state index in [-0.39, 0.29) is 26.1 Å². The molecule has 0 unspecified atom stereocenters. The number of carboxylic acid groups (broad SMARTS) is 1. The van der Waals surface area contributed by atoms with Crippen LogP contribution in [0, 0.1) is 12.3 Å². The molecule has 0 aromatic heterocycles. The number of benzene rings is 2. The Morgan fingerprint density at radius 1 is 1.04 bits per heavy atom. The van der Waals surface area contributed by atoms with Gasteiger partial charge in [0.05, 0.1) is 0 Å². The molecular weight excluding hydrogens is 318 g/mol. The number of carbonyl (C=O) groups excluding carboxylic acids is 1. The second kappa shape index (κ2) is 7.07. The minimum absolute atomic E-state index is 0.186. The topological polar surface area (TPSA) is 75.6 Å². The molecule has 0 radical (unpaired) electrons. The molecule has 1 fully saturated rings. The summed E-state index contributed by atoms with van der Waals surface area (Å²) >= 11 is 0. The average molecular weight is 339 g/mol. The highest BCUT2D eigenvalue weighted by Gasteiger charge is 2.47. The van der Waals surface area contributed by atoms with Gasteiger partial charge < -0.3 is 15.2 Å². The Hall–Kier alpha value is -2.66. The minimum atomic E-state index is -1.42. The summed E-state index contributed by atoms with van der Waals surface area (Å²) in [5.74, 6) is -1.57. The molecule has 1 aliphatic rings. The predicted octanol–water partition coefficient (Wildman–Crippen LogP) is 3.48. The molecular formula is C20H21NO4. The number of hydrogen-bond donors (Lipinski definition) is 2. The van der Waals surface area contributed by atoms with Crippen molar-refractivity contribution in [3.8, 4) is 11.1 Å². The van der Waals surface area contributed by atoms with Crippen molar-refractivity contribution < 1.29 is 19.4 Å². The van der Waals surface area contributed by atoms with Crippen molar-refractivity contribution in [3.05, 3.63) is 54.1 Å². The van der Waals surface area contributed by atoms with Gasteiger partial charge in [0.25, 0.3) is 0 Å². The van der Waals surface area contributed by atoms with Crippen molar-refractivity contribution in [2.24, 2.45) is 5.41 Å². The van der Waals surface area contributed by atoms with Gasteiger partial charge in [0.2, 0.25) is 5.91 Å². The van der Waals surface area contributed by atoms with E-state index in [0.29, 0.717) is 5.69 Å². The van der Waals surface area contributed by atoms with Gasteiger partial charge in [0.1, 0.15) is 0 Å². The van der Waals surface area contributed by atoms with E-state index in [1.807, 2.05) is 55.5 Å². The van der Waals surface area contributed by atoms with Gasteiger partial charge >= 0.3 is 5.97 Å². The summed E-state index contributed by atoms with van der Waals surface area (Å²) in [6.45, 7) is 2.51. The molecule has 5 heteroatoms. The number of aliphatic carboxylic acids is 1. The lowest BCUT2D eigenvalue weighted by molar-refractivity contribution is -0.160. The number of carboxylic acids is 1. The Labute approximate surface area is 146 Å². The van der Waals surface area contributed by atoms with Crippen LogP contribution in [0.3, 0.4) is 0 Å². The summed E-state index contributed by atoms with van der Waals surface area (Å²) in [5.41, 5.74) is 2.20. The van der Waals surface area contributed by atoms with Gasteiger partial charge in [-0.25, -0.2) is 0 Å². The van der Waals surface area contributed by atoms with Crippen LogP contribution in [-0.2, 0) is 14.3 Å². The maximum absolute atomic E-state index is 12.7. The van der Waals surface area contributed by atoms with E-state index in [4.69, 9.17) is 4.74 Å². The van der Waals surface area contributed by atoms with Crippen LogP contribution in [0.25, 0.3) is 11.1 Å². The van der Waals surface area contributed by atoms with Crippen molar-refractivity contribution in [1.82, 2.24) is 0 Å². The van der Waals surface area contributed by atoms with Crippen LogP contribution >= 0.6 is 0 Å². The van der Waals surface area contributed by atoms with Gasteiger partial charge in [0, 0.05) is 18.9 Å². The third-order valence-electron chi connectivity index (χ3n) is 4.63. The highest BCUT2D eigenvalue weighted by atomic mass is 16.5. The molecule has 0 saturated carbocycles. The smallest absolute Gasteiger partial charge is 0.319 e. The van der Waals surface area contributed by atoms with Crippen LogP contribution in [0.1, 0.15) is 18.4 Å². The third-order valence-corrected chi connectivity index (χ3v) is 4.63. The highest BCUT2D eigenvalue weighted by Crippen LogP contribution is 2.33. The molecule has 1 heterocycles. The normalized spacial score (nSPS) is 16.2. The van der Waals surface area contributed by atoms with Crippen molar-refractivity contribution >= 4 is 17.6 Å². The SMILES string of the molecule is Cc1cc(NC(=O)C2(C(=O)O)CCOCC2)cc(-c2ccccc2)c1. The molecule has 0 bridgehead atoms. The molecule has 130 valence electrons. The van der Waals surface area contributed by atoms with Crippen molar-refractivity contribution in [2.45, 2.75) is 19.8 Å². The van der Waals surface area contributed by atoms with Crippen LogP contribution in [0.4, 0.5) is 5.69 Å². The summed E-state index contributed by atoms with van der Waals surface area (Å²) in [6, 6.07) is 15.6. The second-order valence-corrected chi connectivity index (χ2v) is 6.41. The molecule has 0 aliphatic carbocycles. The van der Waals surface area contributed by atoms with E-state index in [2.05, 4.69) is 5.32 Å². The number of anilines is 1. The molecule has 3 rings (SSSR count). The first kappa shape index (κ1) is 17.2. The first-order valence-corrected chi connectivity index (χ1v) is 8.31. The van der Waals surface area contributed by atoms with Crippen molar-refractivity contribution in [2.75, 3.05) is 18.5 Å². The van der Waals surface area contributed by atoms with Gasteiger partial charge in [-0.3, -0.25) is 9.59 Å². The largest absolute Gasteiger partial charge is 0.480 e. The maximum Gasteiger partial charge on any atom is 0.319 e. The summed E-state index contributed by atoms with van der Waals surface area (Å²) in [7, 11) is 0. The molecule has 0 spiro atoms. The summed E-state index contributed by atoms with van der Waals surface area (Å²) < 4.78 is 5.23. The maximum atomic E-state index is 12.7. The van der Waals surface area contributed by atoms with E-state index in [9.17, 15) is 14.7 Å². The zero-order valence-electron chi connectivity index (χ0n) is 14.1. The number of nitrogens with one attached hydrogen (secondary N) is 1. The number of amides is 1. The number of ether oxygens (including phenoxy) is 1. The lowest BCUT2D eigenvalue weighted by Gasteiger charge is -2.31. The van der Waals surface area contributed by atoms with Gasteiger partial charge in [-0.15, -0.1) is 0 Å². The van der Waals surface area contributed by atoms with E-state index < -0.39 is 17.3 Å². The number of rotatable bonds is 4. The zero-order valence-corrected chi connectivity index (χ0v) is 14.1. The van der Waals surface area contributed by atoms with Crippen LogP contribution in [0.5, 0.6) is 0 Å². The molecule has 5 nitrogen and oxygen atoms in total. The molecule has 2 aromatic rings. The zero-order chi connectivity index (χ0) is 17.9. The van der Waals surface area contributed by atoms with Crippen LogP contribution in [0.15, 0.2) is 48.5 Å². The number of aryl methyl sites for hydroxylation is 1. The van der Waals surface area contributed by atoms with E-state index in [1.54, 1.807) is 0 Å². The molecule has 1 saturated heterocycles. The second-order valence-electron chi connectivity index (χ2n) is 6.41. The quantitative estimate of drug-likeness (QED) is 0.836. The van der Waals surface area contributed by atoms with Gasteiger partial charge in [-0.2, -0.15) is 0 Å². The van der Waals surface area contributed by atoms with Gasteiger partial charge in [-0.1, -0.05) is 36.4 Å². The molecule has 1 aliphatic heterocycles. The number of carbonyl (C=O) groups is 2. The molecule has 2 N–H and O–H groups in total.